The van der Waals surface area contributed by atoms with Crippen molar-refractivity contribution in [1.29, 1.82) is 0 Å². The number of carbonyl (C=O) groups excluding carboxylic acids is 1. The van der Waals surface area contributed by atoms with Gasteiger partial charge in [0, 0.05) is 18.8 Å². The minimum absolute atomic E-state index is 0.0481. The average molecular weight is 458 g/mol. The molecule has 0 bridgehead atoms. The van der Waals surface area contributed by atoms with E-state index in [1.165, 1.54) is 33.3 Å². The number of rotatable bonds is 5. The highest BCUT2D eigenvalue weighted by Crippen LogP contribution is 2.22. The van der Waals surface area contributed by atoms with Gasteiger partial charge in [0.1, 0.15) is 11.6 Å². The lowest BCUT2D eigenvalue weighted by atomic mass is 10.2. The fourth-order valence-corrected chi connectivity index (χ4v) is 5.16. The van der Waals surface area contributed by atoms with Crippen LogP contribution in [0.5, 0.6) is 0 Å². The summed E-state index contributed by atoms with van der Waals surface area (Å²) in [6.45, 7) is 2.75. The van der Waals surface area contributed by atoms with Crippen LogP contribution < -0.4 is 5.32 Å². The average Bonchev–Trinajstić information content (AvgIpc) is 2.98. The SMILES string of the molecule is Cc1nc(C(=O)Nc2ccc(S(=O)(=O)N3CCCCCC3)cc2)nn1-c1ccc(F)cc1. The number of halogens is 1. The summed E-state index contributed by atoms with van der Waals surface area (Å²) < 4.78 is 41.9. The molecule has 0 atom stereocenters. The van der Waals surface area contributed by atoms with Gasteiger partial charge < -0.3 is 5.32 Å². The van der Waals surface area contributed by atoms with Gasteiger partial charge in [-0.05, 0) is 68.3 Å². The Labute approximate surface area is 186 Å². The maximum absolute atomic E-state index is 13.2. The molecule has 0 unspecified atom stereocenters. The third kappa shape index (κ3) is 4.71. The second kappa shape index (κ2) is 9.17. The number of carbonyl (C=O) groups is 1. The Hall–Kier alpha value is -3.11. The van der Waals surface area contributed by atoms with Crippen LogP contribution >= 0.6 is 0 Å². The van der Waals surface area contributed by atoms with E-state index < -0.39 is 15.9 Å². The summed E-state index contributed by atoms with van der Waals surface area (Å²) in [5.74, 6) is -0.475. The van der Waals surface area contributed by atoms with Crippen LogP contribution in [-0.2, 0) is 10.0 Å². The molecule has 0 spiro atoms. The molecular formula is C22H24FN5O3S. The maximum Gasteiger partial charge on any atom is 0.295 e. The number of hydrogen-bond donors (Lipinski definition) is 1. The first-order valence-electron chi connectivity index (χ1n) is 10.5. The Kier molecular flexibility index (Phi) is 6.33. The monoisotopic (exact) mass is 457 g/mol. The second-order valence-corrected chi connectivity index (χ2v) is 9.61. The van der Waals surface area contributed by atoms with Crippen molar-refractivity contribution in [2.24, 2.45) is 0 Å². The summed E-state index contributed by atoms with van der Waals surface area (Å²) in [5.41, 5.74) is 1.01. The van der Waals surface area contributed by atoms with Crippen LogP contribution in [-0.4, -0.2) is 46.5 Å². The van der Waals surface area contributed by atoms with Gasteiger partial charge in [0.2, 0.25) is 15.8 Å². The second-order valence-electron chi connectivity index (χ2n) is 7.67. The first-order valence-corrected chi connectivity index (χ1v) is 11.9. The van der Waals surface area contributed by atoms with Crippen molar-refractivity contribution >= 4 is 21.6 Å². The number of hydrogen-bond acceptors (Lipinski definition) is 5. The molecule has 1 saturated heterocycles. The van der Waals surface area contributed by atoms with Crippen LogP contribution in [0.15, 0.2) is 53.4 Å². The van der Waals surface area contributed by atoms with Crippen molar-refractivity contribution in [3.63, 3.8) is 0 Å². The zero-order valence-electron chi connectivity index (χ0n) is 17.7. The van der Waals surface area contributed by atoms with E-state index in [0.717, 1.165) is 25.7 Å². The molecule has 0 saturated carbocycles. The zero-order valence-corrected chi connectivity index (χ0v) is 18.5. The highest BCUT2D eigenvalue weighted by Gasteiger charge is 2.25. The van der Waals surface area contributed by atoms with Gasteiger partial charge in [-0.3, -0.25) is 4.79 Å². The molecular weight excluding hydrogens is 433 g/mol. The molecule has 0 radical (unpaired) electrons. The summed E-state index contributed by atoms with van der Waals surface area (Å²) in [6, 6.07) is 11.8. The molecule has 1 aromatic heterocycles. The Bertz CT molecular complexity index is 1200. The maximum atomic E-state index is 13.2. The van der Waals surface area contributed by atoms with Crippen molar-refractivity contribution in [2.45, 2.75) is 37.5 Å². The molecule has 3 aromatic rings. The topological polar surface area (TPSA) is 97.2 Å². The van der Waals surface area contributed by atoms with Gasteiger partial charge >= 0.3 is 0 Å². The van der Waals surface area contributed by atoms with Gasteiger partial charge in [-0.25, -0.2) is 22.5 Å². The van der Waals surface area contributed by atoms with Crippen molar-refractivity contribution in [1.82, 2.24) is 19.1 Å². The lowest BCUT2D eigenvalue weighted by molar-refractivity contribution is 0.101. The molecule has 168 valence electrons. The predicted octanol–water partition coefficient (Wildman–Crippen LogP) is 3.53. The molecule has 8 nitrogen and oxygen atoms in total. The fraction of sp³-hybridized carbons (Fsp3) is 0.318. The Morgan fingerprint density at radius 3 is 2.22 bits per heavy atom. The van der Waals surface area contributed by atoms with Gasteiger partial charge in [0.15, 0.2) is 0 Å². The zero-order chi connectivity index (χ0) is 22.7. The number of sulfonamides is 1. The van der Waals surface area contributed by atoms with Gasteiger partial charge in [0.25, 0.3) is 5.91 Å². The molecule has 1 aliphatic heterocycles. The summed E-state index contributed by atoms with van der Waals surface area (Å²) >= 11 is 0. The lowest BCUT2D eigenvalue weighted by Crippen LogP contribution is -2.31. The number of amides is 1. The normalized spacial score (nSPS) is 15.3. The fourth-order valence-electron chi connectivity index (χ4n) is 3.64. The molecule has 1 N–H and O–H groups in total. The number of anilines is 1. The Morgan fingerprint density at radius 2 is 1.59 bits per heavy atom. The smallest absolute Gasteiger partial charge is 0.295 e. The summed E-state index contributed by atoms with van der Waals surface area (Å²) in [6.07, 6.45) is 3.82. The molecule has 2 aromatic carbocycles. The van der Waals surface area contributed by atoms with Gasteiger partial charge in [0.05, 0.1) is 10.6 Å². The third-order valence-corrected chi connectivity index (χ3v) is 7.27. The number of nitrogens with one attached hydrogen (secondary N) is 1. The molecule has 1 amide bonds. The van der Waals surface area contributed by atoms with Crippen LogP contribution in [0.2, 0.25) is 0 Å². The quantitative estimate of drug-likeness (QED) is 0.632. The first-order chi connectivity index (χ1) is 15.3. The molecule has 1 aliphatic rings. The largest absolute Gasteiger partial charge is 0.319 e. The van der Waals surface area contributed by atoms with E-state index in [9.17, 15) is 17.6 Å². The Balaban J connectivity index is 1.47. The summed E-state index contributed by atoms with van der Waals surface area (Å²) in [7, 11) is -3.55. The van der Waals surface area contributed by atoms with Gasteiger partial charge in [-0.2, -0.15) is 4.31 Å². The number of aromatic nitrogens is 3. The molecule has 4 rings (SSSR count). The van der Waals surface area contributed by atoms with Crippen LogP contribution in [0.3, 0.4) is 0 Å². The number of aryl methyl sites for hydroxylation is 1. The van der Waals surface area contributed by atoms with Crippen LogP contribution in [0.25, 0.3) is 5.69 Å². The molecule has 1 fully saturated rings. The standard InChI is InChI=1S/C22H24FN5O3S/c1-16-24-21(26-28(16)19-10-6-17(23)7-11-19)22(29)25-18-8-12-20(13-9-18)32(30,31)27-14-4-2-3-5-15-27/h6-13H,2-5,14-15H2,1H3,(H,25,29). The lowest BCUT2D eigenvalue weighted by Gasteiger charge is -2.20. The highest BCUT2D eigenvalue weighted by atomic mass is 32.2. The third-order valence-electron chi connectivity index (χ3n) is 5.36. The van der Waals surface area contributed by atoms with E-state index in [-0.39, 0.29) is 16.5 Å². The van der Waals surface area contributed by atoms with Crippen molar-refractivity contribution in [3.05, 3.63) is 66.0 Å². The minimum atomic E-state index is -3.55. The van der Waals surface area contributed by atoms with E-state index >= 15 is 0 Å². The van der Waals surface area contributed by atoms with Crippen molar-refractivity contribution in [3.8, 4) is 5.69 Å². The number of benzene rings is 2. The van der Waals surface area contributed by atoms with E-state index in [0.29, 0.717) is 30.3 Å². The van der Waals surface area contributed by atoms with Crippen LogP contribution in [0.1, 0.15) is 42.1 Å². The minimum Gasteiger partial charge on any atom is -0.319 e. The van der Waals surface area contributed by atoms with Crippen LogP contribution in [0, 0.1) is 12.7 Å². The summed E-state index contributed by atoms with van der Waals surface area (Å²) in [4.78, 5) is 17.0. The van der Waals surface area contributed by atoms with Crippen LogP contribution in [0.4, 0.5) is 10.1 Å². The molecule has 32 heavy (non-hydrogen) atoms. The molecule has 0 aliphatic carbocycles. The predicted molar refractivity (Wildman–Crippen MR) is 118 cm³/mol. The van der Waals surface area contributed by atoms with Crippen molar-refractivity contribution in [2.75, 3.05) is 18.4 Å². The van der Waals surface area contributed by atoms with Gasteiger partial charge in [-0.1, -0.05) is 12.8 Å². The van der Waals surface area contributed by atoms with E-state index in [4.69, 9.17) is 0 Å². The van der Waals surface area contributed by atoms with E-state index in [2.05, 4.69) is 15.4 Å². The van der Waals surface area contributed by atoms with E-state index in [1.54, 1.807) is 31.2 Å². The molecule has 10 heteroatoms. The van der Waals surface area contributed by atoms with Crippen molar-refractivity contribution < 1.29 is 17.6 Å². The highest BCUT2D eigenvalue weighted by molar-refractivity contribution is 7.89. The number of nitrogens with zero attached hydrogens (tertiary/aromatic N) is 4. The molecule has 2 heterocycles. The summed E-state index contributed by atoms with van der Waals surface area (Å²) in [5, 5.41) is 6.88. The Morgan fingerprint density at radius 1 is 0.969 bits per heavy atom. The first kappa shape index (κ1) is 22.1. The van der Waals surface area contributed by atoms with E-state index in [1.807, 2.05) is 0 Å². The van der Waals surface area contributed by atoms with Gasteiger partial charge in [-0.15, -0.1) is 5.10 Å².